The molecule has 0 unspecified atom stereocenters. The molecule has 1 aromatic carbocycles. The highest BCUT2D eigenvalue weighted by Crippen LogP contribution is 2.13. The van der Waals surface area contributed by atoms with Crippen molar-refractivity contribution in [3.63, 3.8) is 0 Å². The van der Waals surface area contributed by atoms with E-state index in [9.17, 15) is 19.2 Å². The summed E-state index contributed by atoms with van der Waals surface area (Å²) in [5.41, 5.74) is 1.29. The summed E-state index contributed by atoms with van der Waals surface area (Å²) in [4.78, 5) is 50.6. The Morgan fingerprint density at radius 2 is 1.75 bits per heavy atom. The van der Waals surface area contributed by atoms with Gasteiger partial charge in [0.15, 0.2) is 0 Å². The Bertz CT molecular complexity index is 648. The van der Waals surface area contributed by atoms with Gasteiger partial charge in [0, 0.05) is 12.8 Å². The second-order valence-electron chi connectivity index (χ2n) is 5.11. The van der Waals surface area contributed by atoms with E-state index in [0.717, 1.165) is 5.56 Å². The average molecular weight is 331 g/mol. The standard InChI is InChI=1S/C17H17NO6/c1-2-12-5-7-13(8-6-12)17(22)23-11-3-4-16(21)24-18-14(19)9-10-15(18)20/h2,5-8H,1,3-4,9-11H2. The van der Waals surface area contributed by atoms with Crippen molar-refractivity contribution >= 4 is 29.8 Å². The van der Waals surface area contributed by atoms with Crippen molar-refractivity contribution in [2.45, 2.75) is 25.7 Å². The number of rotatable bonds is 7. The molecule has 1 saturated heterocycles. The van der Waals surface area contributed by atoms with Crippen molar-refractivity contribution in [1.82, 2.24) is 5.06 Å². The number of imide groups is 1. The van der Waals surface area contributed by atoms with Gasteiger partial charge in [0.25, 0.3) is 11.8 Å². The number of esters is 1. The molecule has 0 radical (unpaired) electrons. The SMILES string of the molecule is C=Cc1ccc(C(=O)OCCCC(=O)ON2C(=O)CCC2=O)cc1. The van der Waals surface area contributed by atoms with Crippen LogP contribution in [0.4, 0.5) is 0 Å². The maximum Gasteiger partial charge on any atom is 0.338 e. The van der Waals surface area contributed by atoms with Crippen molar-refractivity contribution in [3.05, 3.63) is 42.0 Å². The summed E-state index contributed by atoms with van der Waals surface area (Å²) in [6.45, 7) is 3.65. The number of nitrogens with zero attached hydrogens (tertiary/aromatic N) is 1. The number of benzene rings is 1. The van der Waals surface area contributed by atoms with Crippen LogP contribution in [0.5, 0.6) is 0 Å². The van der Waals surface area contributed by atoms with Gasteiger partial charge in [0.2, 0.25) is 0 Å². The molecule has 126 valence electrons. The predicted octanol–water partition coefficient (Wildman–Crippen LogP) is 1.87. The van der Waals surface area contributed by atoms with Crippen LogP contribution in [0.3, 0.4) is 0 Å². The van der Waals surface area contributed by atoms with E-state index < -0.39 is 23.8 Å². The van der Waals surface area contributed by atoms with E-state index in [2.05, 4.69) is 6.58 Å². The number of hydrogen-bond donors (Lipinski definition) is 0. The van der Waals surface area contributed by atoms with Gasteiger partial charge in [-0.2, -0.15) is 0 Å². The van der Waals surface area contributed by atoms with Gasteiger partial charge in [-0.1, -0.05) is 24.8 Å². The van der Waals surface area contributed by atoms with Crippen LogP contribution in [-0.4, -0.2) is 35.4 Å². The van der Waals surface area contributed by atoms with Gasteiger partial charge in [-0.3, -0.25) is 9.59 Å². The molecule has 0 N–H and O–H groups in total. The van der Waals surface area contributed by atoms with Gasteiger partial charge in [-0.05, 0) is 24.1 Å². The van der Waals surface area contributed by atoms with Crippen LogP contribution in [-0.2, 0) is 24.0 Å². The highest BCUT2D eigenvalue weighted by Gasteiger charge is 2.32. The molecule has 24 heavy (non-hydrogen) atoms. The fourth-order valence-electron chi connectivity index (χ4n) is 2.03. The zero-order valence-corrected chi connectivity index (χ0v) is 13.0. The zero-order valence-electron chi connectivity index (χ0n) is 13.0. The van der Waals surface area contributed by atoms with Gasteiger partial charge in [0.05, 0.1) is 18.6 Å². The fourth-order valence-corrected chi connectivity index (χ4v) is 2.03. The molecule has 7 nitrogen and oxygen atoms in total. The molecule has 7 heteroatoms. The molecule has 1 aliphatic rings. The Morgan fingerprint density at radius 1 is 1.12 bits per heavy atom. The third kappa shape index (κ3) is 4.52. The highest BCUT2D eigenvalue weighted by atomic mass is 16.7. The van der Waals surface area contributed by atoms with Gasteiger partial charge in [0.1, 0.15) is 0 Å². The number of ether oxygens (including phenoxy) is 1. The fraction of sp³-hybridized carbons (Fsp3) is 0.294. The van der Waals surface area contributed by atoms with Crippen molar-refractivity contribution in [1.29, 1.82) is 0 Å². The Balaban J connectivity index is 1.69. The lowest BCUT2D eigenvalue weighted by Crippen LogP contribution is -2.32. The minimum Gasteiger partial charge on any atom is -0.462 e. The molecule has 0 saturated carbocycles. The Kier molecular flexibility index (Phi) is 5.83. The number of amides is 2. The van der Waals surface area contributed by atoms with E-state index in [-0.39, 0.29) is 32.3 Å². The van der Waals surface area contributed by atoms with Gasteiger partial charge in [-0.25, -0.2) is 9.59 Å². The smallest absolute Gasteiger partial charge is 0.338 e. The van der Waals surface area contributed by atoms with Crippen LogP contribution < -0.4 is 0 Å². The summed E-state index contributed by atoms with van der Waals surface area (Å²) in [6.07, 6.45) is 1.92. The first kappa shape index (κ1) is 17.4. The Labute approximate surface area is 138 Å². The van der Waals surface area contributed by atoms with Crippen molar-refractivity contribution < 1.29 is 28.8 Å². The first-order valence-electron chi connectivity index (χ1n) is 7.47. The number of hydrogen-bond acceptors (Lipinski definition) is 6. The zero-order chi connectivity index (χ0) is 17.5. The average Bonchev–Trinajstić information content (AvgIpc) is 2.90. The Morgan fingerprint density at radius 3 is 2.33 bits per heavy atom. The highest BCUT2D eigenvalue weighted by molar-refractivity contribution is 6.01. The molecule has 0 bridgehead atoms. The van der Waals surface area contributed by atoms with Crippen molar-refractivity contribution in [3.8, 4) is 0 Å². The molecule has 1 heterocycles. The van der Waals surface area contributed by atoms with Crippen molar-refractivity contribution in [2.24, 2.45) is 0 Å². The van der Waals surface area contributed by atoms with E-state index in [1.54, 1.807) is 30.3 Å². The summed E-state index contributed by atoms with van der Waals surface area (Å²) >= 11 is 0. The number of hydroxylamine groups is 2. The molecule has 0 aromatic heterocycles. The lowest BCUT2D eigenvalue weighted by Gasteiger charge is -2.12. The predicted molar refractivity (Wildman–Crippen MR) is 83.2 cm³/mol. The normalized spacial score (nSPS) is 13.8. The summed E-state index contributed by atoms with van der Waals surface area (Å²) < 4.78 is 5.04. The topological polar surface area (TPSA) is 90.0 Å². The van der Waals surface area contributed by atoms with Crippen LogP contribution >= 0.6 is 0 Å². The summed E-state index contributed by atoms with van der Waals surface area (Å²) in [7, 11) is 0. The lowest BCUT2D eigenvalue weighted by molar-refractivity contribution is -0.197. The van der Waals surface area contributed by atoms with Crippen LogP contribution in [0.15, 0.2) is 30.8 Å². The van der Waals surface area contributed by atoms with E-state index in [1.165, 1.54) is 0 Å². The second kappa shape index (κ2) is 8.05. The first-order chi connectivity index (χ1) is 11.5. The van der Waals surface area contributed by atoms with E-state index >= 15 is 0 Å². The summed E-state index contributed by atoms with van der Waals surface area (Å²) in [5.74, 6) is -2.26. The maximum atomic E-state index is 11.8. The summed E-state index contributed by atoms with van der Waals surface area (Å²) in [5, 5.41) is 0.496. The Hall–Kier alpha value is -2.96. The number of carbonyl (C=O) groups excluding carboxylic acids is 4. The third-order valence-electron chi connectivity index (χ3n) is 3.34. The molecule has 1 aromatic rings. The van der Waals surface area contributed by atoms with Gasteiger partial charge in [-0.15, -0.1) is 5.06 Å². The molecule has 2 rings (SSSR count). The molecule has 1 aliphatic heterocycles. The summed E-state index contributed by atoms with van der Waals surface area (Å²) in [6, 6.07) is 6.73. The van der Waals surface area contributed by atoms with Crippen molar-refractivity contribution in [2.75, 3.05) is 6.61 Å². The maximum absolute atomic E-state index is 11.8. The van der Waals surface area contributed by atoms with E-state index in [1.807, 2.05) is 0 Å². The molecular weight excluding hydrogens is 314 g/mol. The van der Waals surface area contributed by atoms with Gasteiger partial charge >= 0.3 is 11.9 Å². The van der Waals surface area contributed by atoms with Crippen LogP contribution in [0.2, 0.25) is 0 Å². The molecule has 1 fully saturated rings. The second-order valence-corrected chi connectivity index (χ2v) is 5.11. The molecule has 0 atom stereocenters. The minimum absolute atomic E-state index is 0.0268. The van der Waals surface area contributed by atoms with Crippen LogP contribution in [0.25, 0.3) is 6.08 Å². The van der Waals surface area contributed by atoms with E-state index in [0.29, 0.717) is 10.6 Å². The largest absolute Gasteiger partial charge is 0.462 e. The lowest BCUT2D eigenvalue weighted by atomic mass is 10.1. The van der Waals surface area contributed by atoms with Gasteiger partial charge < -0.3 is 9.57 Å². The molecule has 0 aliphatic carbocycles. The monoisotopic (exact) mass is 331 g/mol. The number of carbonyl (C=O) groups is 4. The molecular formula is C17H17NO6. The van der Waals surface area contributed by atoms with Crippen LogP contribution in [0, 0.1) is 0 Å². The van der Waals surface area contributed by atoms with Crippen LogP contribution in [0.1, 0.15) is 41.6 Å². The minimum atomic E-state index is -0.718. The molecule has 0 spiro atoms. The third-order valence-corrected chi connectivity index (χ3v) is 3.34. The van der Waals surface area contributed by atoms with E-state index in [4.69, 9.17) is 9.57 Å². The quantitative estimate of drug-likeness (QED) is 0.430. The first-order valence-corrected chi connectivity index (χ1v) is 7.47. The molecule has 2 amide bonds.